The van der Waals surface area contributed by atoms with Crippen molar-refractivity contribution in [3.8, 4) is 0 Å². The second kappa shape index (κ2) is 3.80. The molecule has 0 radical (unpaired) electrons. The molecule has 1 N–H and O–H groups in total. The third-order valence-corrected chi connectivity index (χ3v) is 3.68. The molecule has 82 valence electrons. The highest BCUT2D eigenvalue weighted by atomic mass is 16.1. The number of fused-ring (bicyclic) bond motifs is 2. The van der Waals surface area contributed by atoms with E-state index in [1.54, 1.807) is 6.92 Å². The van der Waals surface area contributed by atoms with Crippen molar-refractivity contribution in [1.82, 2.24) is 5.32 Å². The highest BCUT2D eigenvalue weighted by Gasteiger charge is 2.46. The van der Waals surface area contributed by atoms with Crippen LogP contribution in [0.1, 0.15) is 20.3 Å². The Labute approximate surface area is 89.9 Å². The first-order chi connectivity index (χ1) is 7.09. The van der Waals surface area contributed by atoms with E-state index in [9.17, 15) is 9.59 Å². The highest BCUT2D eigenvalue weighted by Crippen LogP contribution is 2.47. The van der Waals surface area contributed by atoms with Crippen molar-refractivity contribution in [2.45, 2.75) is 20.3 Å². The predicted octanol–water partition coefficient (Wildman–Crippen LogP) is 1.15. The second-order valence-electron chi connectivity index (χ2n) is 4.69. The maximum atomic E-state index is 11.5. The van der Waals surface area contributed by atoms with E-state index in [1.807, 2.05) is 0 Å². The molecule has 1 amide bonds. The lowest BCUT2D eigenvalue weighted by Gasteiger charge is -2.25. The van der Waals surface area contributed by atoms with Gasteiger partial charge in [-0.15, -0.1) is 0 Å². The maximum absolute atomic E-state index is 11.5. The van der Waals surface area contributed by atoms with Gasteiger partial charge in [0.2, 0.25) is 5.91 Å². The van der Waals surface area contributed by atoms with Crippen LogP contribution in [0.5, 0.6) is 0 Å². The summed E-state index contributed by atoms with van der Waals surface area (Å²) >= 11 is 0. The molecule has 1 fully saturated rings. The molecule has 3 nitrogen and oxygen atoms in total. The zero-order valence-corrected chi connectivity index (χ0v) is 9.19. The van der Waals surface area contributed by atoms with Crippen LogP contribution in [0.2, 0.25) is 0 Å². The number of carbonyl (C=O) groups is 2. The molecule has 2 bridgehead atoms. The Balaban J connectivity index is 2.05. The third kappa shape index (κ3) is 1.83. The average molecular weight is 207 g/mol. The molecular weight excluding hydrogens is 190 g/mol. The van der Waals surface area contributed by atoms with Gasteiger partial charge in [0.05, 0.1) is 0 Å². The largest absolute Gasteiger partial charge is 0.356 e. The van der Waals surface area contributed by atoms with Crippen LogP contribution in [0.25, 0.3) is 0 Å². The van der Waals surface area contributed by atoms with E-state index in [4.69, 9.17) is 0 Å². The van der Waals surface area contributed by atoms with Gasteiger partial charge >= 0.3 is 0 Å². The molecule has 1 saturated carbocycles. The van der Waals surface area contributed by atoms with Crippen LogP contribution in [0.3, 0.4) is 0 Å². The molecule has 0 saturated heterocycles. The smallest absolute Gasteiger partial charge is 0.216 e. The molecule has 0 aromatic rings. The first-order valence-electron chi connectivity index (χ1n) is 5.53. The van der Waals surface area contributed by atoms with E-state index in [0.717, 1.165) is 6.42 Å². The van der Waals surface area contributed by atoms with Gasteiger partial charge in [-0.3, -0.25) is 9.59 Å². The molecule has 3 unspecified atom stereocenters. The van der Waals surface area contributed by atoms with Gasteiger partial charge in [-0.05, 0) is 31.1 Å². The fourth-order valence-electron chi connectivity index (χ4n) is 3.07. The molecule has 3 heteroatoms. The quantitative estimate of drug-likeness (QED) is 0.706. The molecule has 0 aromatic heterocycles. The molecule has 0 heterocycles. The van der Waals surface area contributed by atoms with E-state index >= 15 is 0 Å². The Morgan fingerprint density at radius 3 is 2.53 bits per heavy atom. The van der Waals surface area contributed by atoms with Crippen molar-refractivity contribution in [3.63, 3.8) is 0 Å². The van der Waals surface area contributed by atoms with Gasteiger partial charge in [-0.1, -0.05) is 12.2 Å². The van der Waals surface area contributed by atoms with Crippen LogP contribution in [0.15, 0.2) is 12.2 Å². The summed E-state index contributed by atoms with van der Waals surface area (Å²) in [4.78, 5) is 22.4. The number of rotatable bonds is 3. The summed E-state index contributed by atoms with van der Waals surface area (Å²) in [6.07, 6.45) is 5.46. The summed E-state index contributed by atoms with van der Waals surface area (Å²) < 4.78 is 0. The van der Waals surface area contributed by atoms with Crippen molar-refractivity contribution in [3.05, 3.63) is 12.2 Å². The summed E-state index contributed by atoms with van der Waals surface area (Å²) in [5.74, 6) is 1.63. The lowest BCUT2D eigenvalue weighted by molar-refractivity contribution is -0.124. The minimum atomic E-state index is -0.0101. The van der Waals surface area contributed by atoms with E-state index in [-0.39, 0.29) is 17.6 Å². The van der Waals surface area contributed by atoms with Gasteiger partial charge in [0.1, 0.15) is 5.78 Å². The Bertz CT molecular complexity index is 322. The topological polar surface area (TPSA) is 46.2 Å². The molecule has 2 aliphatic rings. The fourth-order valence-corrected chi connectivity index (χ4v) is 3.07. The summed E-state index contributed by atoms with van der Waals surface area (Å²) in [7, 11) is 0. The minimum absolute atomic E-state index is 0.0101. The zero-order valence-electron chi connectivity index (χ0n) is 9.19. The molecule has 2 rings (SSSR count). The molecule has 4 atom stereocenters. The predicted molar refractivity (Wildman–Crippen MR) is 57.1 cm³/mol. The molecule has 15 heavy (non-hydrogen) atoms. The minimum Gasteiger partial charge on any atom is -0.356 e. The van der Waals surface area contributed by atoms with Crippen molar-refractivity contribution >= 4 is 11.7 Å². The van der Waals surface area contributed by atoms with Crippen molar-refractivity contribution in [2.24, 2.45) is 23.7 Å². The maximum Gasteiger partial charge on any atom is 0.216 e. The number of hydrogen-bond acceptors (Lipinski definition) is 2. The van der Waals surface area contributed by atoms with Crippen LogP contribution in [0.4, 0.5) is 0 Å². The Hall–Kier alpha value is -1.12. The summed E-state index contributed by atoms with van der Waals surface area (Å²) in [6.45, 7) is 3.83. The summed E-state index contributed by atoms with van der Waals surface area (Å²) in [5, 5.41) is 2.83. The van der Waals surface area contributed by atoms with Crippen molar-refractivity contribution in [2.75, 3.05) is 6.54 Å². The van der Waals surface area contributed by atoms with Gasteiger partial charge < -0.3 is 5.32 Å². The first-order valence-corrected chi connectivity index (χ1v) is 5.53. The number of carbonyl (C=O) groups excluding carboxylic acids is 2. The van der Waals surface area contributed by atoms with E-state index in [1.165, 1.54) is 6.92 Å². The third-order valence-electron chi connectivity index (χ3n) is 3.68. The lowest BCUT2D eigenvalue weighted by Crippen LogP contribution is -2.36. The fraction of sp³-hybridized carbons (Fsp3) is 0.667. The van der Waals surface area contributed by atoms with Crippen molar-refractivity contribution in [1.29, 1.82) is 0 Å². The molecule has 0 aromatic carbocycles. The second-order valence-corrected chi connectivity index (χ2v) is 4.69. The van der Waals surface area contributed by atoms with Gasteiger partial charge in [-0.2, -0.15) is 0 Å². The number of allylic oxidation sites excluding steroid dienone is 2. The average Bonchev–Trinajstić information content (AvgIpc) is 2.72. The van der Waals surface area contributed by atoms with Crippen LogP contribution in [-0.2, 0) is 9.59 Å². The standard InChI is InChI=1S/C12H17NO2/c1-7(14)12-10-4-3-9(5-10)11(12)6-13-8(2)15/h3-4,9-12H,5-6H2,1-2H3,(H,13,15)/t9?,10?,11?,12-/m1/s1. The summed E-state index contributed by atoms with van der Waals surface area (Å²) in [5.41, 5.74) is 0. The monoisotopic (exact) mass is 207 g/mol. The Morgan fingerprint density at radius 2 is 1.93 bits per heavy atom. The first kappa shape index (κ1) is 10.4. The van der Waals surface area contributed by atoms with Gasteiger partial charge in [-0.25, -0.2) is 0 Å². The number of amides is 1. The van der Waals surface area contributed by atoms with Crippen LogP contribution >= 0.6 is 0 Å². The molecule has 2 aliphatic carbocycles. The van der Waals surface area contributed by atoms with E-state index < -0.39 is 0 Å². The number of nitrogens with one attached hydrogen (secondary N) is 1. The van der Waals surface area contributed by atoms with Crippen LogP contribution < -0.4 is 5.32 Å². The van der Waals surface area contributed by atoms with E-state index in [0.29, 0.717) is 24.3 Å². The zero-order chi connectivity index (χ0) is 11.0. The number of Topliss-reactive ketones (excluding diaryl/α,β-unsaturated/α-hetero) is 1. The normalized spacial score (nSPS) is 36.9. The lowest BCUT2D eigenvalue weighted by atomic mass is 9.80. The Morgan fingerprint density at radius 1 is 1.27 bits per heavy atom. The highest BCUT2D eigenvalue weighted by molar-refractivity contribution is 5.80. The summed E-state index contributed by atoms with van der Waals surface area (Å²) in [6, 6.07) is 0. The molecule has 0 aliphatic heterocycles. The number of ketones is 1. The van der Waals surface area contributed by atoms with Crippen LogP contribution in [-0.4, -0.2) is 18.2 Å². The van der Waals surface area contributed by atoms with Crippen molar-refractivity contribution < 1.29 is 9.59 Å². The number of hydrogen-bond donors (Lipinski definition) is 1. The van der Waals surface area contributed by atoms with Crippen LogP contribution in [0, 0.1) is 23.7 Å². The van der Waals surface area contributed by atoms with Gasteiger partial charge in [0, 0.05) is 19.4 Å². The Kier molecular flexibility index (Phi) is 2.63. The van der Waals surface area contributed by atoms with Gasteiger partial charge in [0.25, 0.3) is 0 Å². The molecular formula is C12H17NO2. The molecule has 0 spiro atoms. The SMILES string of the molecule is CC(=O)NCC1C2C=CC(C2)[C@H]1C(C)=O. The van der Waals surface area contributed by atoms with Gasteiger partial charge in [0.15, 0.2) is 0 Å². The van der Waals surface area contributed by atoms with E-state index in [2.05, 4.69) is 17.5 Å².